The van der Waals surface area contributed by atoms with E-state index in [0.29, 0.717) is 12.0 Å². The van der Waals surface area contributed by atoms with E-state index in [4.69, 9.17) is 0 Å². The second-order valence-corrected chi connectivity index (χ2v) is 2.67. The van der Waals surface area contributed by atoms with Crippen LogP contribution in [0.1, 0.15) is 12.8 Å². The van der Waals surface area contributed by atoms with Crippen molar-refractivity contribution in [1.82, 2.24) is 0 Å². The Morgan fingerprint density at radius 3 is 2.67 bits per heavy atom. The Balaban J connectivity index is 2.57. The van der Waals surface area contributed by atoms with Gasteiger partial charge in [0.15, 0.2) is 5.78 Å². The minimum Gasteiger partial charge on any atom is -0.395 e. The van der Waals surface area contributed by atoms with Crippen molar-refractivity contribution in [3.63, 3.8) is 0 Å². The molecule has 0 bridgehead atoms. The maximum atomic E-state index is 10.9. The minimum atomic E-state index is -0.642. The van der Waals surface area contributed by atoms with Gasteiger partial charge in [0.25, 0.3) is 0 Å². The van der Waals surface area contributed by atoms with E-state index in [0.717, 1.165) is 0 Å². The maximum Gasteiger partial charge on any atom is 0.317 e. The Morgan fingerprint density at radius 1 is 1.58 bits per heavy atom. The van der Waals surface area contributed by atoms with Crippen LogP contribution in [0.3, 0.4) is 0 Å². The second kappa shape index (κ2) is 3.30. The predicted molar refractivity (Wildman–Crippen MR) is 39.0 cm³/mol. The van der Waals surface area contributed by atoms with E-state index in [-0.39, 0.29) is 18.7 Å². The Morgan fingerprint density at radius 2 is 2.25 bits per heavy atom. The van der Waals surface area contributed by atoms with Gasteiger partial charge in [-0.15, -0.1) is 0 Å². The average molecular weight is 168 g/mol. The van der Waals surface area contributed by atoms with Gasteiger partial charge in [-0.25, -0.2) is 0 Å². The fourth-order valence-corrected chi connectivity index (χ4v) is 1.16. The molecule has 0 spiro atoms. The Labute approximate surface area is 69.2 Å². The molecule has 0 N–H and O–H groups in total. The summed E-state index contributed by atoms with van der Waals surface area (Å²) in [6.07, 6.45) is 0.428. The van der Waals surface area contributed by atoms with Crippen molar-refractivity contribution in [2.75, 3.05) is 0 Å². The molecule has 0 amide bonds. The van der Waals surface area contributed by atoms with Crippen molar-refractivity contribution in [3.8, 4) is 0 Å². The van der Waals surface area contributed by atoms with Gasteiger partial charge in [-0.3, -0.25) is 14.4 Å². The first-order valence-corrected chi connectivity index (χ1v) is 3.50. The fraction of sp³-hybridized carbons (Fsp3) is 0.375. The van der Waals surface area contributed by atoms with Crippen molar-refractivity contribution < 1.29 is 19.1 Å². The van der Waals surface area contributed by atoms with Gasteiger partial charge in [0.2, 0.25) is 0 Å². The largest absolute Gasteiger partial charge is 0.395 e. The smallest absolute Gasteiger partial charge is 0.317 e. The first-order valence-electron chi connectivity index (χ1n) is 3.50. The summed E-state index contributed by atoms with van der Waals surface area (Å²) in [6, 6.07) is 0. The third-order valence-corrected chi connectivity index (χ3v) is 1.82. The van der Waals surface area contributed by atoms with Crippen LogP contribution in [0.25, 0.3) is 0 Å². The van der Waals surface area contributed by atoms with E-state index in [1.165, 1.54) is 0 Å². The number of esters is 1. The summed E-state index contributed by atoms with van der Waals surface area (Å²) in [5.74, 6) is -1.27. The molecule has 1 rings (SSSR count). The van der Waals surface area contributed by atoms with Crippen molar-refractivity contribution in [1.29, 1.82) is 0 Å². The maximum absolute atomic E-state index is 10.9. The van der Waals surface area contributed by atoms with Gasteiger partial charge < -0.3 is 4.74 Å². The van der Waals surface area contributed by atoms with Crippen molar-refractivity contribution in [2.45, 2.75) is 12.8 Å². The lowest BCUT2D eigenvalue weighted by atomic mass is 10.1. The Hall–Kier alpha value is -1.45. The summed E-state index contributed by atoms with van der Waals surface area (Å²) in [7, 11) is 0. The van der Waals surface area contributed by atoms with E-state index in [2.05, 4.69) is 11.3 Å². The summed E-state index contributed by atoms with van der Waals surface area (Å²) in [5, 5.41) is 0. The highest BCUT2D eigenvalue weighted by Gasteiger charge is 2.32. The molecular weight excluding hydrogens is 160 g/mol. The molecule has 1 fully saturated rings. The standard InChI is InChI=1S/C8H8O4/c1-5-2-6(3-7(5)10)8(11)12-4-9/h4,6H,1-3H2. The van der Waals surface area contributed by atoms with Crippen LogP contribution >= 0.6 is 0 Å². The summed E-state index contributed by atoms with van der Waals surface area (Å²) < 4.78 is 4.11. The van der Waals surface area contributed by atoms with Crippen LogP contribution in [-0.4, -0.2) is 18.2 Å². The summed E-state index contributed by atoms with van der Waals surface area (Å²) >= 11 is 0. The van der Waals surface area contributed by atoms with E-state index in [9.17, 15) is 14.4 Å². The van der Waals surface area contributed by atoms with Gasteiger partial charge in [-0.05, 0) is 12.0 Å². The van der Waals surface area contributed by atoms with E-state index >= 15 is 0 Å². The molecule has 0 radical (unpaired) electrons. The average Bonchev–Trinajstić information content (AvgIpc) is 2.33. The molecule has 12 heavy (non-hydrogen) atoms. The van der Waals surface area contributed by atoms with Crippen molar-refractivity contribution in [2.24, 2.45) is 5.92 Å². The van der Waals surface area contributed by atoms with Crippen LogP contribution in [0.4, 0.5) is 0 Å². The summed E-state index contributed by atoms with van der Waals surface area (Å²) in [4.78, 5) is 31.6. The lowest BCUT2D eigenvalue weighted by Gasteiger charge is -2.01. The third-order valence-electron chi connectivity index (χ3n) is 1.82. The number of allylic oxidation sites excluding steroid dienone is 1. The summed E-state index contributed by atoms with van der Waals surface area (Å²) in [5.41, 5.74) is 0.433. The zero-order valence-corrected chi connectivity index (χ0v) is 6.41. The Kier molecular flexibility index (Phi) is 2.38. The molecule has 0 aromatic carbocycles. The molecule has 64 valence electrons. The molecule has 1 aliphatic rings. The zero-order chi connectivity index (χ0) is 9.14. The molecule has 1 aliphatic carbocycles. The number of Topliss-reactive ketones (excluding diaryl/α,β-unsaturated/α-hetero) is 1. The molecule has 1 saturated carbocycles. The van der Waals surface area contributed by atoms with E-state index in [1.54, 1.807) is 0 Å². The molecule has 4 nitrogen and oxygen atoms in total. The van der Waals surface area contributed by atoms with Crippen molar-refractivity contribution in [3.05, 3.63) is 12.2 Å². The van der Waals surface area contributed by atoms with Gasteiger partial charge in [-0.2, -0.15) is 0 Å². The molecule has 1 unspecified atom stereocenters. The van der Waals surface area contributed by atoms with E-state index in [1.807, 2.05) is 0 Å². The zero-order valence-electron chi connectivity index (χ0n) is 6.41. The molecular formula is C8H8O4. The van der Waals surface area contributed by atoms with Gasteiger partial charge >= 0.3 is 12.4 Å². The fourth-order valence-electron chi connectivity index (χ4n) is 1.16. The number of rotatable bonds is 2. The van der Waals surface area contributed by atoms with Gasteiger partial charge in [0, 0.05) is 6.42 Å². The van der Waals surface area contributed by atoms with Crippen molar-refractivity contribution >= 4 is 18.2 Å². The normalized spacial score (nSPS) is 22.5. The number of carbonyl (C=O) groups excluding carboxylic acids is 3. The summed E-state index contributed by atoms with van der Waals surface area (Å²) in [6.45, 7) is 3.56. The minimum absolute atomic E-state index is 0.0773. The first-order chi connectivity index (χ1) is 5.65. The molecule has 0 aromatic heterocycles. The predicted octanol–water partition coefficient (Wildman–Crippen LogP) is 0.221. The molecule has 0 aromatic rings. The van der Waals surface area contributed by atoms with Gasteiger partial charge in [0.1, 0.15) is 0 Å². The lowest BCUT2D eigenvalue weighted by Crippen LogP contribution is -2.14. The molecule has 0 saturated heterocycles. The highest BCUT2D eigenvalue weighted by Crippen LogP contribution is 2.26. The van der Waals surface area contributed by atoms with Crippen LogP contribution in [0.2, 0.25) is 0 Å². The van der Waals surface area contributed by atoms with Crippen LogP contribution in [0, 0.1) is 5.92 Å². The monoisotopic (exact) mass is 168 g/mol. The Bertz CT molecular complexity index is 238. The molecule has 0 aliphatic heterocycles. The number of ether oxygens (including phenoxy) is 1. The van der Waals surface area contributed by atoms with Crippen LogP contribution < -0.4 is 0 Å². The van der Waals surface area contributed by atoms with Crippen LogP contribution in [0.15, 0.2) is 12.2 Å². The van der Waals surface area contributed by atoms with Crippen LogP contribution in [0.5, 0.6) is 0 Å². The quantitative estimate of drug-likeness (QED) is 0.256. The molecule has 0 heterocycles. The highest BCUT2D eigenvalue weighted by atomic mass is 16.6. The topological polar surface area (TPSA) is 60.4 Å². The third kappa shape index (κ3) is 1.58. The second-order valence-electron chi connectivity index (χ2n) is 2.67. The molecule has 1 atom stereocenters. The number of hydrogen-bond acceptors (Lipinski definition) is 4. The number of hydrogen-bond donors (Lipinski definition) is 0. The van der Waals surface area contributed by atoms with Gasteiger partial charge in [-0.1, -0.05) is 6.58 Å². The van der Waals surface area contributed by atoms with E-state index < -0.39 is 11.9 Å². The lowest BCUT2D eigenvalue weighted by molar-refractivity contribution is -0.155. The molecule has 4 heteroatoms. The number of ketones is 1. The SMILES string of the molecule is C=C1CC(C(=O)OC=O)CC1=O. The van der Waals surface area contributed by atoms with Gasteiger partial charge in [0.05, 0.1) is 5.92 Å². The highest BCUT2D eigenvalue weighted by molar-refractivity contribution is 6.01. The van der Waals surface area contributed by atoms with Crippen LogP contribution in [-0.2, 0) is 19.1 Å². The first kappa shape index (κ1) is 8.64. The number of carbonyl (C=O) groups is 3.